The van der Waals surface area contributed by atoms with Crippen LogP contribution in [0.5, 0.6) is 11.5 Å². The predicted octanol–water partition coefficient (Wildman–Crippen LogP) is 3.19. The van der Waals surface area contributed by atoms with Gasteiger partial charge in [0.05, 0.1) is 4.92 Å². The Bertz CT molecular complexity index is 497. The van der Waals surface area contributed by atoms with E-state index in [0.717, 1.165) is 0 Å². The summed E-state index contributed by atoms with van der Waals surface area (Å²) < 4.78 is 5.41. The number of rotatable bonds is 3. The Morgan fingerprint density at radius 1 is 1.12 bits per heavy atom. The van der Waals surface area contributed by atoms with E-state index in [1.807, 2.05) is 0 Å². The molecule has 0 aliphatic rings. The Hall–Kier alpha value is -2.36. The fourth-order valence-corrected chi connectivity index (χ4v) is 1.26. The number of nitro benzene ring substituents is 1. The molecule has 0 aliphatic carbocycles. The van der Waals surface area contributed by atoms with Gasteiger partial charge < -0.3 is 4.74 Å². The third kappa shape index (κ3) is 2.17. The van der Waals surface area contributed by atoms with Crippen molar-refractivity contribution in [3.63, 3.8) is 0 Å². The number of hydrogen-bond donors (Lipinski definition) is 0. The molecule has 79 valence electrons. The smallest absolute Gasteiger partial charge is 0.311 e. The van der Waals surface area contributed by atoms with Crippen LogP contribution in [0, 0.1) is 16.2 Å². The molecule has 0 fully saturated rings. The number of benzene rings is 2. The van der Waals surface area contributed by atoms with E-state index in [0.29, 0.717) is 5.75 Å². The zero-order chi connectivity index (χ0) is 11.4. The summed E-state index contributed by atoms with van der Waals surface area (Å²) in [6.07, 6.45) is 0. The van der Waals surface area contributed by atoms with Crippen molar-refractivity contribution < 1.29 is 9.66 Å². The number of hydrogen-bond acceptors (Lipinski definition) is 3. The quantitative estimate of drug-likeness (QED) is 0.582. The standard InChI is InChI=1S/C12H8NO3/c14-13(15)11-8-4-5-9-12(11)16-10-6-2-1-3-7-10/h2-9H. The van der Waals surface area contributed by atoms with Crippen molar-refractivity contribution >= 4 is 5.69 Å². The van der Waals surface area contributed by atoms with E-state index >= 15 is 0 Å². The monoisotopic (exact) mass is 214 g/mol. The number of ether oxygens (including phenoxy) is 1. The van der Waals surface area contributed by atoms with Gasteiger partial charge in [-0.3, -0.25) is 10.1 Å². The Morgan fingerprint density at radius 3 is 2.50 bits per heavy atom. The molecule has 0 heterocycles. The van der Waals surface area contributed by atoms with Gasteiger partial charge in [-0.05, 0) is 24.3 Å². The van der Waals surface area contributed by atoms with Crippen LogP contribution in [0.15, 0.2) is 48.5 Å². The summed E-state index contributed by atoms with van der Waals surface area (Å²) in [5.74, 6) is 0.784. The zero-order valence-electron chi connectivity index (χ0n) is 8.29. The number of nitrogens with zero attached hydrogens (tertiary/aromatic N) is 1. The zero-order valence-corrected chi connectivity index (χ0v) is 8.29. The van der Waals surface area contributed by atoms with Gasteiger partial charge in [0.15, 0.2) is 0 Å². The van der Waals surface area contributed by atoms with Gasteiger partial charge in [0.2, 0.25) is 5.75 Å². The first kappa shape index (κ1) is 10.2. The largest absolute Gasteiger partial charge is 0.450 e. The van der Waals surface area contributed by atoms with Crippen molar-refractivity contribution in [3.05, 3.63) is 64.7 Å². The van der Waals surface area contributed by atoms with Crippen LogP contribution in [0.4, 0.5) is 5.69 Å². The van der Waals surface area contributed by atoms with E-state index in [-0.39, 0.29) is 11.4 Å². The van der Waals surface area contributed by atoms with Gasteiger partial charge in [-0.15, -0.1) is 0 Å². The highest BCUT2D eigenvalue weighted by molar-refractivity contribution is 5.47. The highest BCUT2D eigenvalue weighted by atomic mass is 16.6. The van der Waals surface area contributed by atoms with Crippen molar-refractivity contribution in [1.29, 1.82) is 0 Å². The average molecular weight is 214 g/mol. The third-order valence-corrected chi connectivity index (χ3v) is 1.98. The maximum atomic E-state index is 10.7. The lowest BCUT2D eigenvalue weighted by molar-refractivity contribution is -0.385. The fraction of sp³-hybridized carbons (Fsp3) is 0. The summed E-state index contributed by atoms with van der Waals surface area (Å²) in [4.78, 5) is 10.3. The second-order valence-corrected chi connectivity index (χ2v) is 3.06. The molecule has 0 bridgehead atoms. The second kappa shape index (κ2) is 4.44. The second-order valence-electron chi connectivity index (χ2n) is 3.06. The maximum Gasteiger partial charge on any atom is 0.311 e. The molecule has 1 radical (unpaired) electrons. The van der Waals surface area contributed by atoms with Crippen LogP contribution in [0.2, 0.25) is 0 Å². The van der Waals surface area contributed by atoms with Crippen LogP contribution in [0.25, 0.3) is 0 Å². The van der Waals surface area contributed by atoms with Crippen LogP contribution in [-0.2, 0) is 0 Å². The lowest BCUT2D eigenvalue weighted by atomic mass is 10.3. The van der Waals surface area contributed by atoms with E-state index in [1.54, 1.807) is 42.5 Å². The maximum absolute atomic E-state index is 10.7. The van der Waals surface area contributed by atoms with Crippen molar-refractivity contribution in [2.45, 2.75) is 0 Å². The average Bonchev–Trinajstić information content (AvgIpc) is 2.31. The van der Waals surface area contributed by atoms with Gasteiger partial charge in [-0.25, -0.2) is 0 Å². The molecule has 16 heavy (non-hydrogen) atoms. The van der Waals surface area contributed by atoms with Gasteiger partial charge in [0.1, 0.15) is 5.75 Å². The van der Waals surface area contributed by atoms with E-state index in [1.165, 1.54) is 6.07 Å². The molecule has 0 aliphatic heterocycles. The molecule has 0 unspecified atom stereocenters. The van der Waals surface area contributed by atoms with Crippen LogP contribution in [-0.4, -0.2) is 4.92 Å². The molecule has 2 aromatic carbocycles. The summed E-state index contributed by atoms with van der Waals surface area (Å²) in [5.41, 5.74) is -0.0460. The van der Waals surface area contributed by atoms with Gasteiger partial charge in [-0.2, -0.15) is 0 Å². The fourth-order valence-electron chi connectivity index (χ4n) is 1.26. The molecule has 0 amide bonds. The minimum absolute atomic E-state index is 0.0460. The van der Waals surface area contributed by atoms with Gasteiger partial charge in [-0.1, -0.05) is 24.3 Å². The Kier molecular flexibility index (Phi) is 2.82. The minimum atomic E-state index is -0.468. The topological polar surface area (TPSA) is 52.4 Å². The van der Waals surface area contributed by atoms with E-state index < -0.39 is 4.92 Å². The summed E-state index contributed by atoms with van der Waals surface area (Å²) in [6.45, 7) is 0. The van der Waals surface area contributed by atoms with E-state index in [4.69, 9.17) is 4.74 Å². The summed E-state index contributed by atoms with van der Waals surface area (Å²) in [5, 5.41) is 10.7. The number of nitro groups is 1. The molecule has 0 aromatic heterocycles. The van der Waals surface area contributed by atoms with E-state index in [9.17, 15) is 10.1 Å². The van der Waals surface area contributed by atoms with Crippen LogP contribution in [0.3, 0.4) is 0 Å². The van der Waals surface area contributed by atoms with Crippen molar-refractivity contribution in [2.24, 2.45) is 0 Å². The first-order valence-corrected chi connectivity index (χ1v) is 4.65. The first-order chi connectivity index (χ1) is 7.77. The molecule has 2 rings (SSSR count). The Morgan fingerprint density at radius 2 is 1.81 bits per heavy atom. The van der Waals surface area contributed by atoms with Crippen LogP contribution in [0.1, 0.15) is 0 Å². The molecule has 0 saturated carbocycles. The molecular formula is C12H8NO3. The lowest BCUT2D eigenvalue weighted by Gasteiger charge is -2.04. The minimum Gasteiger partial charge on any atom is -0.450 e. The Balaban J connectivity index is 2.31. The molecule has 2 aromatic rings. The molecule has 4 nitrogen and oxygen atoms in total. The lowest BCUT2D eigenvalue weighted by Crippen LogP contribution is -1.92. The Labute approximate surface area is 92.3 Å². The summed E-state index contributed by atoms with van der Waals surface area (Å²) in [6, 6.07) is 15.9. The van der Waals surface area contributed by atoms with E-state index in [2.05, 4.69) is 6.07 Å². The van der Waals surface area contributed by atoms with Gasteiger partial charge in [0, 0.05) is 6.07 Å². The predicted molar refractivity (Wildman–Crippen MR) is 58.4 cm³/mol. The van der Waals surface area contributed by atoms with Gasteiger partial charge in [0.25, 0.3) is 0 Å². The third-order valence-electron chi connectivity index (χ3n) is 1.98. The highest BCUT2D eigenvalue weighted by Crippen LogP contribution is 2.30. The number of para-hydroxylation sites is 2. The van der Waals surface area contributed by atoms with Crippen molar-refractivity contribution in [1.82, 2.24) is 0 Å². The van der Waals surface area contributed by atoms with Crippen LogP contribution >= 0.6 is 0 Å². The molecule has 0 spiro atoms. The van der Waals surface area contributed by atoms with Crippen molar-refractivity contribution in [2.75, 3.05) is 0 Å². The van der Waals surface area contributed by atoms with Crippen LogP contribution < -0.4 is 4.74 Å². The van der Waals surface area contributed by atoms with Gasteiger partial charge >= 0.3 is 5.69 Å². The molecular weight excluding hydrogens is 206 g/mol. The molecule has 0 saturated heterocycles. The normalized spacial score (nSPS) is 9.75. The summed E-state index contributed by atoms with van der Waals surface area (Å²) >= 11 is 0. The summed E-state index contributed by atoms with van der Waals surface area (Å²) in [7, 11) is 0. The molecule has 0 N–H and O–H groups in total. The SMILES string of the molecule is O=[N+]([O-])c1ccccc1Oc1cc[c]cc1. The highest BCUT2D eigenvalue weighted by Gasteiger charge is 2.13. The molecule has 0 atom stereocenters. The van der Waals surface area contributed by atoms with Crippen molar-refractivity contribution in [3.8, 4) is 11.5 Å². The first-order valence-electron chi connectivity index (χ1n) is 4.65. The molecule has 4 heteroatoms.